The van der Waals surface area contributed by atoms with E-state index < -0.39 is 36.8 Å². The van der Waals surface area contributed by atoms with Crippen LogP contribution >= 0.6 is 0 Å². The van der Waals surface area contributed by atoms with Gasteiger partial charge in [-0.1, -0.05) is 5.21 Å². The van der Waals surface area contributed by atoms with Gasteiger partial charge < -0.3 is 9.30 Å². The van der Waals surface area contributed by atoms with E-state index in [1.807, 2.05) is 0 Å². The average Bonchev–Trinajstić information content (AvgIpc) is 3.50. The van der Waals surface area contributed by atoms with Crippen molar-refractivity contribution in [3.05, 3.63) is 53.5 Å². The van der Waals surface area contributed by atoms with E-state index in [-0.39, 0.29) is 16.9 Å². The molecule has 5 rings (SSSR count). The van der Waals surface area contributed by atoms with Crippen molar-refractivity contribution in [2.75, 3.05) is 7.11 Å². The fraction of sp³-hybridized carbons (Fsp3) is 0.333. The standard InChI is InChI=1S/C24H22F4N8O2/c1-12-20(35(3)33-31-12)13-10-16-18(30-11-13)21-22(19(23(37)38-4)32-34(21)2)36(16)15(7-8-24(26,27)28)17-14(25)6-5-9-29-17/h5-6,9-11,15H,7-8H2,1-4H3. The molecule has 1 atom stereocenters. The molecule has 0 radical (unpaired) electrons. The van der Waals surface area contributed by atoms with Crippen LogP contribution in [-0.4, -0.2) is 58.6 Å². The van der Waals surface area contributed by atoms with Crippen LogP contribution in [0.1, 0.15) is 40.8 Å². The summed E-state index contributed by atoms with van der Waals surface area (Å²) in [6.07, 6.45) is -3.41. The topological polar surface area (TPSA) is 106 Å². The maximum atomic E-state index is 15.1. The summed E-state index contributed by atoms with van der Waals surface area (Å²) < 4.78 is 64.8. The van der Waals surface area contributed by atoms with Crippen LogP contribution in [0.4, 0.5) is 17.6 Å². The number of nitrogens with zero attached hydrogens (tertiary/aromatic N) is 8. The highest BCUT2D eigenvalue weighted by Crippen LogP contribution is 2.40. The predicted molar refractivity (Wildman–Crippen MR) is 128 cm³/mol. The summed E-state index contributed by atoms with van der Waals surface area (Å²) in [4.78, 5) is 21.4. The molecule has 198 valence electrons. The number of carbonyl (C=O) groups excluding carboxylic acids is 1. The Morgan fingerprint density at radius 2 is 1.92 bits per heavy atom. The van der Waals surface area contributed by atoms with E-state index in [0.29, 0.717) is 33.5 Å². The molecule has 0 saturated heterocycles. The first-order valence-electron chi connectivity index (χ1n) is 11.5. The van der Waals surface area contributed by atoms with Gasteiger partial charge in [0, 0.05) is 38.5 Å². The van der Waals surface area contributed by atoms with Gasteiger partial charge in [0.05, 0.1) is 35.8 Å². The Morgan fingerprint density at radius 1 is 1.16 bits per heavy atom. The molecular weight excluding hydrogens is 508 g/mol. The second-order valence-corrected chi connectivity index (χ2v) is 8.81. The van der Waals surface area contributed by atoms with Crippen molar-refractivity contribution in [1.29, 1.82) is 0 Å². The SMILES string of the molecule is COC(=O)c1nn(C)c2c3ncc(-c4c(C)nnn4C)cc3n(C(CCC(F)(F)F)c3ncccc3F)c12. The van der Waals surface area contributed by atoms with Crippen molar-refractivity contribution in [3.8, 4) is 11.3 Å². The van der Waals surface area contributed by atoms with Crippen molar-refractivity contribution >= 4 is 28.0 Å². The number of hydrogen-bond donors (Lipinski definition) is 0. The number of halogens is 4. The van der Waals surface area contributed by atoms with Crippen molar-refractivity contribution in [2.24, 2.45) is 14.1 Å². The number of methoxy groups -OCH3 is 1. The second kappa shape index (κ2) is 9.19. The number of fused-ring (bicyclic) bond motifs is 3. The Morgan fingerprint density at radius 3 is 2.55 bits per heavy atom. The third kappa shape index (κ3) is 4.15. The number of hydrogen-bond acceptors (Lipinski definition) is 7. The molecule has 0 saturated carbocycles. The van der Waals surface area contributed by atoms with Gasteiger partial charge in [-0.05, 0) is 31.5 Å². The van der Waals surface area contributed by atoms with Gasteiger partial charge >= 0.3 is 12.1 Å². The van der Waals surface area contributed by atoms with Gasteiger partial charge in [-0.15, -0.1) is 5.10 Å². The highest BCUT2D eigenvalue weighted by atomic mass is 19.4. The summed E-state index contributed by atoms with van der Waals surface area (Å²) in [7, 11) is 4.45. The summed E-state index contributed by atoms with van der Waals surface area (Å²) in [5, 5.41) is 12.3. The molecule has 0 spiro atoms. The van der Waals surface area contributed by atoms with Crippen LogP contribution in [0.15, 0.2) is 30.6 Å². The third-order valence-electron chi connectivity index (χ3n) is 6.38. The number of aryl methyl sites for hydroxylation is 3. The Balaban J connectivity index is 1.90. The average molecular weight is 530 g/mol. The summed E-state index contributed by atoms with van der Waals surface area (Å²) in [5.74, 6) is -1.59. The normalized spacial score (nSPS) is 12.9. The molecule has 0 fully saturated rings. The van der Waals surface area contributed by atoms with Crippen LogP contribution in [0, 0.1) is 12.7 Å². The lowest BCUT2D eigenvalue weighted by Gasteiger charge is -2.22. The molecule has 5 aromatic rings. The fourth-order valence-corrected chi connectivity index (χ4v) is 4.82. The molecule has 0 amide bonds. The molecule has 0 bridgehead atoms. The zero-order valence-corrected chi connectivity index (χ0v) is 20.8. The number of esters is 1. The Hall–Kier alpha value is -4.36. The number of pyridine rings is 2. The minimum absolute atomic E-state index is 0.142. The van der Waals surface area contributed by atoms with Gasteiger partial charge in [0.15, 0.2) is 5.69 Å². The quantitative estimate of drug-likeness (QED) is 0.238. The van der Waals surface area contributed by atoms with Crippen molar-refractivity contribution in [3.63, 3.8) is 0 Å². The molecular formula is C24H22F4N8O2. The fourth-order valence-electron chi connectivity index (χ4n) is 4.82. The zero-order valence-electron chi connectivity index (χ0n) is 20.8. The molecule has 0 aromatic carbocycles. The maximum absolute atomic E-state index is 15.1. The molecule has 0 aliphatic rings. The van der Waals surface area contributed by atoms with E-state index in [0.717, 1.165) is 6.07 Å². The molecule has 10 nitrogen and oxygen atoms in total. The molecule has 0 aliphatic heterocycles. The first kappa shape index (κ1) is 25.3. The van der Waals surface area contributed by atoms with E-state index in [1.165, 1.54) is 28.6 Å². The maximum Gasteiger partial charge on any atom is 0.389 e. The third-order valence-corrected chi connectivity index (χ3v) is 6.38. The molecule has 1 unspecified atom stereocenters. The first-order chi connectivity index (χ1) is 18.0. The lowest BCUT2D eigenvalue weighted by Crippen LogP contribution is -2.19. The molecule has 0 aliphatic carbocycles. The van der Waals surface area contributed by atoms with Gasteiger partial charge in [-0.2, -0.15) is 18.3 Å². The molecule has 38 heavy (non-hydrogen) atoms. The van der Waals surface area contributed by atoms with Gasteiger partial charge in [0.2, 0.25) is 0 Å². The van der Waals surface area contributed by atoms with Crippen LogP contribution < -0.4 is 0 Å². The van der Waals surface area contributed by atoms with Crippen LogP contribution in [0.25, 0.3) is 33.3 Å². The Bertz CT molecular complexity index is 1660. The van der Waals surface area contributed by atoms with Crippen molar-refractivity contribution in [1.82, 2.24) is 39.3 Å². The second-order valence-electron chi connectivity index (χ2n) is 8.81. The minimum Gasteiger partial charge on any atom is -0.464 e. The van der Waals surface area contributed by atoms with Crippen molar-refractivity contribution in [2.45, 2.75) is 32.0 Å². The number of aromatic nitrogens is 8. The van der Waals surface area contributed by atoms with Gasteiger partial charge in [0.1, 0.15) is 22.4 Å². The Kier molecular flexibility index (Phi) is 6.12. The summed E-state index contributed by atoms with van der Waals surface area (Å²) in [5.41, 5.74) is 2.72. The largest absolute Gasteiger partial charge is 0.464 e. The van der Waals surface area contributed by atoms with Gasteiger partial charge in [-0.3, -0.25) is 14.6 Å². The number of alkyl halides is 3. The first-order valence-corrected chi connectivity index (χ1v) is 11.5. The number of ether oxygens (including phenoxy) is 1. The molecule has 0 N–H and O–H groups in total. The van der Waals surface area contributed by atoms with Gasteiger partial charge in [-0.25, -0.2) is 13.9 Å². The van der Waals surface area contributed by atoms with Crippen LogP contribution in [-0.2, 0) is 18.8 Å². The molecule has 5 aromatic heterocycles. The predicted octanol–water partition coefficient (Wildman–Crippen LogP) is 4.28. The molecule has 14 heteroatoms. The monoisotopic (exact) mass is 530 g/mol. The van der Waals surface area contributed by atoms with E-state index in [4.69, 9.17) is 4.74 Å². The molecule has 5 heterocycles. The lowest BCUT2D eigenvalue weighted by molar-refractivity contribution is -0.136. The zero-order chi connectivity index (χ0) is 27.4. The van der Waals surface area contributed by atoms with Gasteiger partial charge in [0.25, 0.3) is 0 Å². The number of rotatable bonds is 6. The highest BCUT2D eigenvalue weighted by Gasteiger charge is 2.35. The van der Waals surface area contributed by atoms with Crippen molar-refractivity contribution < 1.29 is 27.1 Å². The minimum atomic E-state index is -4.52. The summed E-state index contributed by atoms with van der Waals surface area (Å²) in [6, 6.07) is 2.93. The van der Waals surface area contributed by atoms with E-state index in [2.05, 4.69) is 25.4 Å². The lowest BCUT2D eigenvalue weighted by atomic mass is 10.0. The summed E-state index contributed by atoms with van der Waals surface area (Å²) >= 11 is 0. The van der Waals surface area contributed by atoms with E-state index >= 15 is 4.39 Å². The van der Waals surface area contributed by atoms with Crippen LogP contribution in [0.5, 0.6) is 0 Å². The van der Waals surface area contributed by atoms with E-state index in [9.17, 15) is 18.0 Å². The van der Waals surface area contributed by atoms with E-state index in [1.54, 1.807) is 38.0 Å². The van der Waals surface area contributed by atoms with Crippen LogP contribution in [0.3, 0.4) is 0 Å². The number of carbonyl (C=O) groups is 1. The Labute approximate surface area is 212 Å². The summed E-state index contributed by atoms with van der Waals surface area (Å²) in [6.45, 7) is 1.76. The smallest absolute Gasteiger partial charge is 0.389 e. The highest BCUT2D eigenvalue weighted by molar-refractivity contribution is 6.11. The van der Waals surface area contributed by atoms with Crippen LogP contribution in [0.2, 0.25) is 0 Å².